The molecule has 0 saturated carbocycles. The molecule has 3 saturated heterocycles. The highest BCUT2D eigenvalue weighted by Gasteiger charge is 2.40. The fraction of sp³-hybridized carbons (Fsp3) is 0.708. The van der Waals surface area contributed by atoms with Gasteiger partial charge in [0, 0.05) is 56.9 Å². The lowest BCUT2D eigenvalue weighted by atomic mass is 9.96. The van der Waals surface area contributed by atoms with Crippen LogP contribution in [0.1, 0.15) is 38.2 Å². The normalized spacial score (nSPS) is 31.1. The van der Waals surface area contributed by atoms with E-state index >= 15 is 0 Å². The molecule has 2 bridgehead atoms. The maximum atomic E-state index is 4.99. The van der Waals surface area contributed by atoms with E-state index in [0.29, 0.717) is 24.2 Å². The Bertz CT molecular complexity index is 678. The third kappa shape index (κ3) is 5.34. The molecule has 0 radical (unpaired) electrons. The van der Waals surface area contributed by atoms with E-state index in [-0.39, 0.29) is 0 Å². The second-order valence-electron chi connectivity index (χ2n) is 9.47. The van der Waals surface area contributed by atoms with Crippen molar-refractivity contribution in [3.05, 3.63) is 35.9 Å². The number of hydrogen-bond donors (Lipinski definition) is 2. The predicted octanol–water partition coefficient (Wildman–Crippen LogP) is 1.98. The molecule has 0 aromatic heterocycles. The fourth-order valence-corrected chi connectivity index (χ4v) is 5.45. The zero-order valence-electron chi connectivity index (χ0n) is 19.1. The van der Waals surface area contributed by atoms with Crippen LogP contribution in [0.25, 0.3) is 0 Å². The molecule has 6 heteroatoms. The van der Waals surface area contributed by atoms with Gasteiger partial charge in [0.1, 0.15) is 0 Å². The van der Waals surface area contributed by atoms with Crippen molar-refractivity contribution >= 4 is 5.96 Å². The number of piperidine rings is 1. The van der Waals surface area contributed by atoms with Crippen LogP contribution in [0.4, 0.5) is 0 Å². The summed E-state index contributed by atoms with van der Waals surface area (Å²) in [5, 5.41) is 7.28. The van der Waals surface area contributed by atoms with Gasteiger partial charge in [0.05, 0.1) is 6.54 Å². The van der Waals surface area contributed by atoms with E-state index in [1.807, 2.05) is 0 Å². The van der Waals surface area contributed by atoms with Crippen LogP contribution in [0.2, 0.25) is 0 Å². The molecule has 3 aliphatic heterocycles. The molecule has 1 aromatic carbocycles. The molecular formula is C24H40N6. The topological polar surface area (TPSA) is 46.1 Å². The van der Waals surface area contributed by atoms with Crippen molar-refractivity contribution in [2.75, 3.05) is 46.8 Å². The van der Waals surface area contributed by atoms with Gasteiger partial charge in [-0.2, -0.15) is 0 Å². The second-order valence-corrected chi connectivity index (χ2v) is 9.47. The summed E-state index contributed by atoms with van der Waals surface area (Å²) in [6.45, 7) is 8.40. The molecule has 166 valence electrons. The Morgan fingerprint density at radius 3 is 2.50 bits per heavy atom. The molecule has 3 fully saturated rings. The average molecular weight is 413 g/mol. The number of aliphatic imine (C=N–C) groups is 1. The number of piperazine rings is 1. The summed E-state index contributed by atoms with van der Waals surface area (Å²) >= 11 is 0. The highest BCUT2D eigenvalue weighted by atomic mass is 15.3. The summed E-state index contributed by atoms with van der Waals surface area (Å²) in [6.07, 6.45) is 5.12. The van der Waals surface area contributed by atoms with Gasteiger partial charge in [0.2, 0.25) is 0 Å². The molecule has 30 heavy (non-hydrogen) atoms. The SMILES string of the molecule is CCNC(=NCC1CN(C)CCN1C)NC1CC2CCC(C1)N2Cc1ccccc1. The van der Waals surface area contributed by atoms with Crippen molar-refractivity contribution < 1.29 is 0 Å². The number of rotatable bonds is 6. The van der Waals surface area contributed by atoms with Gasteiger partial charge in [-0.1, -0.05) is 30.3 Å². The van der Waals surface area contributed by atoms with Crippen LogP contribution in [-0.4, -0.2) is 91.6 Å². The molecule has 0 amide bonds. The molecule has 3 heterocycles. The third-order valence-electron chi connectivity index (χ3n) is 7.22. The zero-order chi connectivity index (χ0) is 20.9. The highest BCUT2D eigenvalue weighted by Crippen LogP contribution is 2.36. The zero-order valence-corrected chi connectivity index (χ0v) is 19.1. The summed E-state index contributed by atoms with van der Waals surface area (Å²) in [5.41, 5.74) is 1.44. The maximum absolute atomic E-state index is 4.99. The van der Waals surface area contributed by atoms with Crippen molar-refractivity contribution in [1.29, 1.82) is 0 Å². The quantitative estimate of drug-likeness (QED) is 0.553. The number of likely N-dealkylation sites (N-methyl/N-ethyl adjacent to an activating group) is 2. The van der Waals surface area contributed by atoms with Gasteiger partial charge in [-0.3, -0.25) is 14.8 Å². The lowest BCUT2D eigenvalue weighted by Crippen LogP contribution is -2.53. The van der Waals surface area contributed by atoms with E-state index in [9.17, 15) is 0 Å². The lowest BCUT2D eigenvalue weighted by molar-refractivity contribution is 0.114. The second kappa shape index (κ2) is 10.1. The summed E-state index contributed by atoms with van der Waals surface area (Å²) in [5.74, 6) is 1.00. The molecule has 4 rings (SSSR count). The fourth-order valence-electron chi connectivity index (χ4n) is 5.45. The number of hydrogen-bond acceptors (Lipinski definition) is 4. The highest BCUT2D eigenvalue weighted by molar-refractivity contribution is 5.80. The van der Waals surface area contributed by atoms with E-state index in [0.717, 1.165) is 45.2 Å². The maximum Gasteiger partial charge on any atom is 0.191 e. The van der Waals surface area contributed by atoms with Crippen LogP contribution >= 0.6 is 0 Å². The molecule has 3 unspecified atom stereocenters. The molecule has 3 atom stereocenters. The Morgan fingerprint density at radius 1 is 1.07 bits per heavy atom. The van der Waals surface area contributed by atoms with E-state index in [4.69, 9.17) is 4.99 Å². The number of nitrogens with zero attached hydrogens (tertiary/aromatic N) is 4. The number of nitrogens with one attached hydrogen (secondary N) is 2. The minimum Gasteiger partial charge on any atom is -0.357 e. The Labute approximate surface area is 182 Å². The third-order valence-corrected chi connectivity index (χ3v) is 7.22. The average Bonchev–Trinajstić information content (AvgIpc) is 2.97. The van der Waals surface area contributed by atoms with Crippen LogP contribution in [-0.2, 0) is 6.54 Å². The molecule has 0 spiro atoms. The van der Waals surface area contributed by atoms with Gasteiger partial charge >= 0.3 is 0 Å². The predicted molar refractivity (Wildman–Crippen MR) is 125 cm³/mol. The minimum absolute atomic E-state index is 0.503. The van der Waals surface area contributed by atoms with Crippen LogP contribution in [0.5, 0.6) is 0 Å². The standard InChI is InChI=1S/C24H40N6/c1-4-25-24(26-16-23-18-28(2)12-13-29(23)3)27-20-14-21-10-11-22(15-20)30(21)17-19-8-6-5-7-9-19/h5-9,20-23H,4,10-18H2,1-3H3,(H2,25,26,27). The Morgan fingerprint density at radius 2 is 1.80 bits per heavy atom. The minimum atomic E-state index is 0.503. The molecular weight excluding hydrogens is 372 g/mol. The molecule has 6 nitrogen and oxygen atoms in total. The Hall–Kier alpha value is -1.63. The first-order valence-corrected chi connectivity index (χ1v) is 11.9. The summed E-state index contributed by atoms with van der Waals surface area (Å²) in [6, 6.07) is 13.4. The van der Waals surface area contributed by atoms with Gasteiger partial charge < -0.3 is 15.5 Å². The van der Waals surface area contributed by atoms with Crippen molar-refractivity contribution in [2.45, 2.75) is 63.3 Å². The Kier molecular flexibility index (Phi) is 7.28. The first-order valence-electron chi connectivity index (χ1n) is 11.9. The largest absolute Gasteiger partial charge is 0.357 e. The smallest absolute Gasteiger partial charge is 0.191 e. The van der Waals surface area contributed by atoms with Crippen molar-refractivity contribution in [1.82, 2.24) is 25.3 Å². The molecule has 0 aliphatic carbocycles. The van der Waals surface area contributed by atoms with Gasteiger partial charge in [-0.25, -0.2) is 0 Å². The van der Waals surface area contributed by atoms with Crippen molar-refractivity contribution in [3.8, 4) is 0 Å². The summed E-state index contributed by atoms with van der Waals surface area (Å²) < 4.78 is 0. The monoisotopic (exact) mass is 412 g/mol. The van der Waals surface area contributed by atoms with E-state index in [2.05, 4.69) is 76.7 Å². The molecule has 3 aliphatic rings. The molecule has 1 aromatic rings. The van der Waals surface area contributed by atoms with Crippen LogP contribution in [0.15, 0.2) is 35.3 Å². The van der Waals surface area contributed by atoms with E-state index in [1.54, 1.807) is 0 Å². The van der Waals surface area contributed by atoms with Gasteiger partial charge in [-0.15, -0.1) is 0 Å². The lowest BCUT2D eigenvalue weighted by Gasteiger charge is -2.40. The first kappa shape index (κ1) is 21.6. The van der Waals surface area contributed by atoms with Gasteiger partial charge in [-0.05, 0) is 52.3 Å². The van der Waals surface area contributed by atoms with Gasteiger partial charge in [0.15, 0.2) is 5.96 Å². The van der Waals surface area contributed by atoms with Crippen LogP contribution in [0.3, 0.4) is 0 Å². The Balaban J connectivity index is 1.33. The van der Waals surface area contributed by atoms with Crippen molar-refractivity contribution in [2.24, 2.45) is 4.99 Å². The molecule has 2 N–H and O–H groups in total. The number of fused-ring (bicyclic) bond motifs is 2. The van der Waals surface area contributed by atoms with Crippen LogP contribution < -0.4 is 10.6 Å². The van der Waals surface area contributed by atoms with Gasteiger partial charge in [0.25, 0.3) is 0 Å². The summed E-state index contributed by atoms with van der Waals surface area (Å²) in [7, 11) is 4.44. The number of benzene rings is 1. The van der Waals surface area contributed by atoms with E-state index in [1.165, 1.54) is 31.2 Å². The van der Waals surface area contributed by atoms with E-state index < -0.39 is 0 Å². The number of guanidine groups is 1. The van der Waals surface area contributed by atoms with Crippen LogP contribution in [0, 0.1) is 0 Å². The summed E-state index contributed by atoms with van der Waals surface area (Å²) in [4.78, 5) is 12.6. The van der Waals surface area contributed by atoms with Crippen molar-refractivity contribution in [3.63, 3.8) is 0 Å². The first-order chi connectivity index (χ1) is 14.6.